The van der Waals surface area contributed by atoms with Gasteiger partial charge < -0.3 is 15.5 Å². The van der Waals surface area contributed by atoms with Crippen molar-refractivity contribution in [3.8, 4) is 0 Å². The molecule has 1 aromatic carbocycles. The summed E-state index contributed by atoms with van der Waals surface area (Å²) < 4.78 is 1.73. The van der Waals surface area contributed by atoms with Crippen molar-refractivity contribution in [2.75, 3.05) is 39.0 Å². The van der Waals surface area contributed by atoms with Crippen LogP contribution < -0.4 is 10.6 Å². The fourth-order valence-corrected chi connectivity index (χ4v) is 2.79. The van der Waals surface area contributed by atoms with Crippen LogP contribution in [0.2, 0.25) is 0 Å². The molecular formula is C20H27N7O. The number of hydrogen-bond acceptors (Lipinski definition) is 6. The highest BCUT2D eigenvalue weighted by molar-refractivity contribution is 5.94. The Labute approximate surface area is 165 Å². The van der Waals surface area contributed by atoms with E-state index in [1.807, 2.05) is 43.3 Å². The van der Waals surface area contributed by atoms with Gasteiger partial charge in [-0.3, -0.25) is 4.79 Å². The van der Waals surface area contributed by atoms with Crippen molar-refractivity contribution in [2.45, 2.75) is 19.8 Å². The van der Waals surface area contributed by atoms with Gasteiger partial charge in [0.1, 0.15) is 5.82 Å². The molecular weight excluding hydrogens is 354 g/mol. The lowest BCUT2D eigenvalue weighted by Gasteiger charge is -2.10. The number of fused-ring (bicyclic) bond motifs is 1. The van der Waals surface area contributed by atoms with Gasteiger partial charge in [0.2, 0.25) is 0 Å². The second-order valence-electron chi connectivity index (χ2n) is 7.06. The average Bonchev–Trinajstić information content (AvgIpc) is 3.08. The van der Waals surface area contributed by atoms with Crippen molar-refractivity contribution in [2.24, 2.45) is 0 Å². The van der Waals surface area contributed by atoms with E-state index in [9.17, 15) is 4.79 Å². The number of nitrogens with zero attached hydrogens (tertiary/aromatic N) is 5. The first kappa shape index (κ1) is 19.8. The van der Waals surface area contributed by atoms with E-state index >= 15 is 0 Å². The van der Waals surface area contributed by atoms with Gasteiger partial charge >= 0.3 is 0 Å². The van der Waals surface area contributed by atoms with Gasteiger partial charge in [0.15, 0.2) is 11.5 Å². The number of aryl methyl sites for hydroxylation is 1. The van der Waals surface area contributed by atoms with Crippen LogP contribution in [0.15, 0.2) is 36.4 Å². The fraction of sp³-hybridized carbons (Fsp3) is 0.400. The Morgan fingerprint density at radius 3 is 2.61 bits per heavy atom. The van der Waals surface area contributed by atoms with E-state index in [1.165, 1.54) is 0 Å². The molecule has 2 aromatic heterocycles. The van der Waals surface area contributed by atoms with E-state index in [-0.39, 0.29) is 5.91 Å². The smallest absolute Gasteiger partial charge is 0.251 e. The standard InChI is InChI=1S/C20H27N7O/c1-15-5-7-16(8-6-15)20(28)22-13-11-19-24-23-18-10-9-17(25-27(18)19)21-12-4-14-26(2)3/h5-10H,4,11-14H2,1-3H3,(H,21,25)(H,22,28). The average molecular weight is 381 g/mol. The third kappa shape index (κ3) is 5.26. The van der Waals surface area contributed by atoms with Crippen LogP contribution in [0.5, 0.6) is 0 Å². The van der Waals surface area contributed by atoms with Crippen molar-refractivity contribution in [3.05, 3.63) is 53.3 Å². The molecule has 0 aliphatic heterocycles. The first-order valence-electron chi connectivity index (χ1n) is 9.48. The number of rotatable bonds is 9. The van der Waals surface area contributed by atoms with Gasteiger partial charge in [-0.1, -0.05) is 17.7 Å². The van der Waals surface area contributed by atoms with E-state index in [0.717, 1.165) is 36.7 Å². The summed E-state index contributed by atoms with van der Waals surface area (Å²) in [7, 11) is 4.12. The monoisotopic (exact) mass is 381 g/mol. The van der Waals surface area contributed by atoms with Crippen molar-refractivity contribution in [3.63, 3.8) is 0 Å². The van der Waals surface area contributed by atoms with Crippen LogP contribution in [-0.2, 0) is 6.42 Å². The lowest BCUT2D eigenvalue weighted by atomic mass is 10.1. The second kappa shape index (κ2) is 9.27. The van der Waals surface area contributed by atoms with Crippen molar-refractivity contribution in [1.82, 2.24) is 30.0 Å². The van der Waals surface area contributed by atoms with E-state index in [2.05, 4.69) is 44.9 Å². The maximum atomic E-state index is 12.2. The number of anilines is 1. The van der Waals surface area contributed by atoms with E-state index in [1.54, 1.807) is 4.52 Å². The minimum absolute atomic E-state index is 0.0926. The minimum atomic E-state index is -0.0926. The molecule has 8 nitrogen and oxygen atoms in total. The van der Waals surface area contributed by atoms with Crippen molar-refractivity contribution in [1.29, 1.82) is 0 Å². The zero-order valence-electron chi connectivity index (χ0n) is 16.6. The van der Waals surface area contributed by atoms with Gasteiger partial charge in [0.25, 0.3) is 5.91 Å². The number of hydrogen-bond donors (Lipinski definition) is 2. The van der Waals surface area contributed by atoms with Gasteiger partial charge in [-0.2, -0.15) is 4.52 Å². The zero-order chi connectivity index (χ0) is 19.9. The maximum Gasteiger partial charge on any atom is 0.251 e. The summed E-state index contributed by atoms with van der Waals surface area (Å²) in [6, 6.07) is 11.3. The van der Waals surface area contributed by atoms with Gasteiger partial charge in [-0.05, 0) is 58.3 Å². The highest BCUT2D eigenvalue weighted by Gasteiger charge is 2.09. The van der Waals surface area contributed by atoms with Crippen molar-refractivity contribution >= 4 is 17.4 Å². The van der Waals surface area contributed by atoms with Crippen LogP contribution in [0, 0.1) is 6.92 Å². The van der Waals surface area contributed by atoms with E-state index in [0.29, 0.717) is 24.2 Å². The Morgan fingerprint density at radius 1 is 1.07 bits per heavy atom. The molecule has 0 spiro atoms. The molecule has 0 saturated heterocycles. The summed E-state index contributed by atoms with van der Waals surface area (Å²) >= 11 is 0. The molecule has 28 heavy (non-hydrogen) atoms. The van der Waals surface area contributed by atoms with Crippen LogP contribution in [-0.4, -0.2) is 64.3 Å². The van der Waals surface area contributed by atoms with Crippen LogP contribution in [0.4, 0.5) is 5.82 Å². The molecule has 0 saturated carbocycles. The largest absolute Gasteiger partial charge is 0.369 e. The third-order valence-corrected chi connectivity index (χ3v) is 4.36. The third-order valence-electron chi connectivity index (χ3n) is 4.36. The predicted molar refractivity (Wildman–Crippen MR) is 110 cm³/mol. The van der Waals surface area contributed by atoms with Gasteiger partial charge in [0.05, 0.1) is 0 Å². The summed E-state index contributed by atoms with van der Waals surface area (Å²) in [4.78, 5) is 14.4. The molecule has 0 bridgehead atoms. The van der Waals surface area contributed by atoms with Crippen LogP contribution in [0.1, 0.15) is 28.2 Å². The number of carbonyl (C=O) groups excluding carboxylic acids is 1. The molecule has 148 valence electrons. The number of carbonyl (C=O) groups is 1. The minimum Gasteiger partial charge on any atom is -0.369 e. The lowest BCUT2D eigenvalue weighted by Crippen LogP contribution is -2.26. The summed E-state index contributed by atoms with van der Waals surface area (Å²) in [5.41, 5.74) is 2.47. The molecule has 8 heteroatoms. The van der Waals surface area contributed by atoms with Gasteiger partial charge in [-0.25, -0.2) is 0 Å². The van der Waals surface area contributed by atoms with E-state index < -0.39 is 0 Å². The molecule has 0 fully saturated rings. The Hall–Kier alpha value is -3.00. The molecule has 1 amide bonds. The molecule has 0 aliphatic carbocycles. The summed E-state index contributed by atoms with van der Waals surface area (Å²) in [5.74, 6) is 1.41. The first-order chi connectivity index (χ1) is 13.5. The lowest BCUT2D eigenvalue weighted by molar-refractivity contribution is 0.0954. The quantitative estimate of drug-likeness (QED) is 0.549. The number of aromatic nitrogens is 4. The van der Waals surface area contributed by atoms with Crippen LogP contribution in [0.25, 0.3) is 5.65 Å². The highest BCUT2D eigenvalue weighted by atomic mass is 16.1. The first-order valence-corrected chi connectivity index (χ1v) is 9.48. The molecule has 3 aromatic rings. The van der Waals surface area contributed by atoms with Gasteiger partial charge in [0, 0.05) is 25.1 Å². The molecule has 3 rings (SSSR count). The number of amides is 1. The highest BCUT2D eigenvalue weighted by Crippen LogP contribution is 2.08. The summed E-state index contributed by atoms with van der Waals surface area (Å²) in [5, 5.41) is 19.2. The molecule has 2 N–H and O–H groups in total. The molecule has 2 heterocycles. The molecule has 0 unspecified atom stereocenters. The maximum absolute atomic E-state index is 12.2. The predicted octanol–water partition coefficient (Wildman–Crippen LogP) is 1.77. The van der Waals surface area contributed by atoms with Crippen LogP contribution >= 0.6 is 0 Å². The summed E-state index contributed by atoms with van der Waals surface area (Å²) in [6.45, 7) is 4.33. The Morgan fingerprint density at radius 2 is 1.86 bits per heavy atom. The SMILES string of the molecule is Cc1ccc(C(=O)NCCc2nnc3ccc(NCCCN(C)C)nn23)cc1. The number of benzene rings is 1. The van der Waals surface area contributed by atoms with E-state index in [4.69, 9.17) is 0 Å². The second-order valence-corrected chi connectivity index (χ2v) is 7.06. The fourth-order valence-electron chi connectivity index (χ4n) is 2.79. The normalized spacial score (nSPS) is 11.1. The Bertz CT molecular complexity index is 918. The molecule has 0 aliphatic rings. The molecule has 0 radical (unpaired) electrons. The topological polar surface area (TPSA) is 87.4 Å². The Kier molecular flexibility index (Phi) is 6.54. The number of nitrogens with one attached hydrogen (secondary N) is 2. The molecule has 0 atom stereocenters. The zero-order valence-corrected chi connectivity index (χ0v) is 16.6. The van der Waals surface area contributed by atoms with Crippen molar-refractivity contribution < 1.29 is 4.79 Å². The van der Waals surface area contributed by atoms with Gasteiger partial charge in [-0.15, -0.1) is 15.3 Å². The summed E-state index contributed by atoms with van der Waals surface area (Å²) in [6.07, 6.45) is 1.59. The van der Waals surface area contributed by atoms with Crippen LogP contribution in [0.3, 0.4) is 0 Å². The Balaban J connectivity index is 1.56.